The van der Waals surface area contributed by atoms with Crippen molar-refractivity contribution in [2.45, 2.75) is 32.6 Å². The Hall–Kier alpha value is -3.51. The van der Waals surface area contributed by atoms with Crippen LogP contribution in [0.25, 0.3) is 22.0 Å². The summed E-state index contributed by atoms with van der Waals surface area (Å²) in [5.74, 6) is 0.631. The maximum Gasteiger partial charge on any atom is 0.255 e. The molecule has 168 valence electrons. The number of hydrogen-bond donors (Lipinski definition) is 1. The first-order valence-corrected chi connectivity index (χ1v) is 12.1. The summed E-state index contributed by atoms with van der Waals surface area (Å²) >= 11 is 1.55. The van der Waals surface area contributed by atoms with E-state index in [0.29, 0.717) is 12.2 Å². The highest BCUT2D eigenvalue weighted by atomic mass is 32.1. The zero-order valence-corrected chi connectivity index (χ0v) is 19.5. The van der Waals surface area contributed by atoms with Crippen LogP contribution < -0.4 is 10.1 Å². The van der Waals surface area contributed by atoms with E-state index in [0.717, 1.165) is 39.8 Å². The predicted molar refractivity (Wildman–Crippen MR) is 135 cm³/mol. The summed E-state index contributed by atoms with van der Waals surface area (Å²) in [6, 6.07) is 20.8. The molecule has 0 atom stereocenters. The number of aromatic nitrogens is 2. The zero-order valence-electron chi connectivity index (χ0n) is 18.7. The van der Waals surface area contributed by atoms with Crippen LogP contribution in [0.3, 0.4) is 0 Å². The summed E-state index contributed by atoms with van der Waals surface area (Å²) in [6.07, 6.45) is 6.44. The quantitative estimate of drug-likeness (QED) is 0.258. The standard InChI is InChI=1S/C27H27N3O2S/c1-2-3-4-7-17-32-23-14-12-20(13-15-23)26(31)29-22-10-8-9-21(18-22)25-19-33-27(30-25)24-11-5-6-16-28-24/h5-6,8-16,18-19H,2-4,7,17H2,1H3,(H,29,31). The molecule has 0 saturated carbocycles. The first-order chi connectivity index (χ1) is 16.2. The van der Waals surface area contributed by atoms with E-state index in [2.05, 4.69) is 17.2 Å². The summed E-state index contributed by atoms with van der Waals surface area (Å²) in [4.78, 5) is 21.8. The van der Waals surface area contributed by atoms with Gasteiger partial charge in [0.1, 0.15) is 10.8 Å². The van der Waals surface area contributed by atoms with E-state index in [4.69, 9.17) is 9.72 Å². The molecule has 2 aromatic heterocycles. The summed E-state index contributed by atoms with van der Waals surface area (Å²) in [6.45, 7) is 2.90. The first-order valence-electron chi connectivity index (χ1n) is 11.2. The fraction of sp³-hybridized carbons (Fsp3) is 0.222. The van der Waals surface area contributed by atoms with E-state index >= 15 is 0 Å². The van der Waals surface area contributed by atoms with E-state index in [9.17, 15) is 4.79 Å². The van der Waals surface area contributed by atoms with Crippen LogP contribution in [0, 0.1) is 0 Å². The van der Waals surface area contributed by atoms with Crippen LogP contribution in [0.4, 0.5) is 5.69 Å². The molecule has 0 fully saturated rings. The molecule has 2 heterocycles. The number of benzene rings is 2. The number of carbonyl (C=O) groups excluding carboxylic acids is 1. The van der Waals surface area contributed by atoms with Crippen LogP contribution in [-0.4, -0.2) is 22.5 Å². The van der Waals surface area contributed by atoms with Crippen molar-refractivity contribution in [2.24, 2.45) is 0 Å². The highest BCUT2D eigenvalue weighted by Crippen LogP contribution is 2.29. The van der Waals surface area contributed by atoms with Crippen molar-refractivity contribution in [3.8, 4) is 27.7 Å². The second-order valence-electron chi connectivity index (χ2n) is 7.72. The normalized spacial score (nSPS) is 10.7. The maximum atomic E-state index is 12.7. The van der Waals surface area contributed by atoms with Crippen molar-refractivity contribution in [2.75, 3.05) is 11.9 Å². The van der Waals surface area contributed by atoms with E-state index < -0.39 is 0 Å². The molecule has 33 heavy (non-hydrogen) atoms. The second-order valence-corrected chi connectivity index (χ2v) is 8.58. The Kier molecular flexibility index (Phi) is 7.82. The molecule has 6 heteroatoms. The fourth-order valence-electron chi connectivity index (χ4n) is 3.39. The first kappa shape index (κ1) is 22.7. The Labute approximate surface area is 198 Å². The number of pyridine rings is 1. The number of nitrogens with one attached hydrogen (secondary N) is 1. The van der Waals surface area contributed by atoms with Crippen molar-refractivity contribution in [3.05, 3.63) is 83.9 Å². The van der Waals surface area contributed by atoms with Gasteiger partial charge >= 0.3 is 0 Å². The lowest BCUT2D eigenvalue weighted by Gasteiger charge is -2.09. The molecule has 1 amide bonds. The van der Waals surface area contributed by atoms with Gasteiger partial charge in [0.15, 0.2) is 0 Å². The molecule has 4 aromatic rings. The minimum atomic E-state index is -0.158. The van der Waals surface area contributed by atoms with E-state index in [1.165, 1.54) is 19.3 Å². The van der Waals surface area contributed by atoms with Crippen molar-refractivity contribution in [1.82, 2.24) is 9.97 Å². The number of amides is 1. The third-order valence-corrected chi connectivity index (χ3v) is 6.05. The molecule has 4 rings (SSSR count). The van der Waals surface area contributed by atoms with Crippen LogP contribution in [-0.2, 0) is 0 Å². The Bertz CT molecular complexity index is 1170. The van der Waals surface area contributed by atoms with Crippen molar-refractivity contribution in [3.63, 3.8) is 0 Å². The second kappa shape index (κ2) is 11.4. The van der Waals surface area contributed by atoms with Crippen molar-refractivity contribution >= 4 is 22.9 Å². The number of anilines is 1. The summed E-state index contributed by atoms with van der Waals surface area (Å²) in [7, 11) is 0. The fourth-order valence-corrected chi connectivity index (χ4v) is 4.20. The van der Waals surface area contributed by atoms with Gasteiger partial charge in [-0.15, -0.1) is 11.3 Å². The molecule has 0 spiro atoms. The van der Waals surface area contributed by atoms with E-state index in [-0.39, 0.29) is 5.91 Å². The number of unbranched alkanes of at least 4 members (excludes halogenated alkanes) is 3. The minimum Gasteiger partial charge on any atom is -0.494 e. The number of ether oxygens (including phenoxy) is 1. The van der Waals surface area contributed by atoms with Crippen LogP contribution in [0.1, 0.15) is 43.0 Å². The molecule has 0 aliphatic heterocycles. The van der Waals surface area contributed by atoms with Crippen molar-refractivity contribution < 1.29 is 9.53 Å². The van der Waals surface area contributed by atoms with Gasteiger partial charge in [-0.05, 0) is 55.0 Å². The topological polar surface area (TPSA) is 64.1 Å². The maximum absolute atomic E-state index is 12.7. The van der Waals surface area contributed by atoms with Crippen LogP contribution in [0.2, 0.25) is 0 Å². The molecular weight excluding hydrogens is 430 g/mol. The average molecular weight is 458 g/mol. The van der Waals surface area contributed by atoms with Gasteiger partial charge in [-0.3, -0.25) is 9.78 Å². The monoisotopic (exact) mass is 457 g/mol. The molecule has 1 N–H and O–H groups in total. The predicted octanol–water partition coefficient (Wildman–Crippen LogP) is 7.08. The zero-order chi connectivity index (χ0) is 22.9. The molecule has 2 aromatic carbocycles. The minimum absolute atomic E-state index is 0.158. The molecule has 0 aliphatic rings. The lowest BCUT2D eigenvalue weighted by Crippen LogP contribution is -2.11. The van der Waals surface area contributed by atoms with Gasteiger partial charge in [0.25, 0.3) is 5.91 Å². The number of nitrogens with zero attached hydrogens (tertiary/aromatic N) is 2. The Balaban J connectivity index is 1.37. The Morgan fingerprint density at radius 2 is 1.85 bits per heavy atom. The summed E-state index contributed by atoms with van der Waals surface area (Å²) in [5, 5.41) is 5.85. The van der Waals surface area contributed by atoms with E-state index in [1.54, 1.807) is 29.7 Å². The van der Waals surface area contributed by atoms with Crippen LogP contribution in [0.5, 0.6) is 5.75 Å². The molecule has 0 saturated heterocycles. The Morgan fingerprint density at radius 1 is 0.970 bits per heavy atom. The SMILES string of the molecule is CCCCCCOc1ccc(C(=O)Nc2cccc(-c3csc(-c4ccccn4)n3)c2)cc1. The molecule has 0 bridgehead atoms. The van der Waals surface area contributed by atoms with Gasteiger partial charge in [-0.2, -0.15) is 0 Å². The van der Waals surface area contributed by atoms with Gasteiger partial charge in [0.2, 0.25) is 0 Å². The molecular formula is C27H27N3O2S. The summed E-state index contributed by atoms with van der Waals surface area (Å²) < 4.78 is 5.76. The highest BCUT2D eigenvalue weighted by Gasteiger charge is 2.10. The number of thiazole rings is 1. The molecule has 5 nitrogen and oxygen atoms in total. The van der Waals surface area contributed by atoms with Crippen molar-refractivity contribution in [1.29, 1.82) is 0 Å². The molecule has 0 unspecified atom stereocenters. The van der Waals surface area contributed by atoms with Gasteiger partial charge in [-0.25, -0.2) is 4.98 Å². The van der Waals surface area contributed by atoms with Gasteiger partial charge in [-0.1, -0.05) is 44.4 Å². The largest absolute Gasteiger partial charge is 0.494 e. The lowest BCUT2D eigenvalue weighted by molar-refractivity contribution is 0.102. The Morgan fingerprint density at radius 3 is 2.64 bits per heavy atom. The van der Waals surface area contributed by atoms with E-state index in [1.807, 2.05) is 60.0 Å². The smallest absolute Gasteiger partial charge is 0.255 e. The van der Waals surface area contributed by atoms with Crippen LogP contribution >= 0.6 is 11.3 Å². The van der Waals surface area contributed by atoms with Gasteiger partial charge < -0.3 is 10.1 Å². The third-order valence-electron chi connectivity index (χ3n) is 5.19. The third kappa shape index (κ3) is 6.26. The summed E-state index contributed by atoms with van der Waals surface area (Å²) in [5.41, 5.74) is 3.97. The van der Waals surface area contributed by atoms with Crippen LogP contribution in [0.15, 0.2) is 78.3 Å². The average Bonchev–Trinajstić information content (AvgIpc) is 3.36. The van der Waals surface area contributed by atoms with Gasteiger partial charge in [0.05, 0.1) is 18.0 Å². The number of hydrogen-bond acceptors (Lipinski definition) is 5. The van der Waals surface area contributed by atoms with Gasteiger partial charge in [0, 0.05) is 28.4 Å². The number of carbonyl (C=O) groups is 1. The highest BCUT2D eigenvalue weighted by molar-refractivity contribution is 7.13. The molecule has 0 radical (unpaired) electrons. The number of rotatable bonds is 10. The molecule has 0 aliphatic carbocycles. The lowest BCUT2D eigenvalue weighted by atomic mass is 10.1.